The molecule has 16 heavy (non-hydrogen) atoms. The van der Waals surface area contributed by atoms with Crippen LogP contribution in [0.3, 0.4) is 0 Å². The average Bonchev–Trinajstić information content (AvgIpc) is 2.29. The molecule has 0 bridgehead atoms. The van der Waals surface area contributed by atoms with Crippen molar-refractivity contribution < 1.29 is 4.74 Å². The molecule has 0 saturated carbocycles. The molecule has 0 spiro atoms. The van der Waals surface area contributed by atoms with Gasteiger partial charge in [-0.3, -0.25) is 0 Å². The van der Waals surface area contributed by atoms with E-state index in [0.29, 0.717) is 11.5 Å². The van der Waals surface area contributed by atoms with Crippen LogP contribution in [0.5, 0.6) is 0 Å². The third kappa shape index (κ3) is 3.19. The molecule has 2 aliphatic rings. The van der Waals surface area contributed by atoms with Crippen molar-refractivity contribution in [2.45, 2.75) is 38.7 Å². The van der Waals surface area contributed by atoms with Crippen molar-refractivity contribution in [2.75, 3.05) is 39.8 Å². The van der Waals surface area contributed by atoms with Crippen LogP contribution < -0.4 is 5.32 Å². The summed E-state index contributed by atoms with van der Waals surface area (Å²) < 4.78 is 5.49. The summed E-state index contributed by atoms with van der Waals surface area (Å²) in [4.78, 5) is 2.61. The quantitative estimate of drug-likeness (QED) is 0.789. The Bertz CT molecular complexity index is 214. The van der Waals surface area contributed by atoms with Crippen molar-refractivity contribution in [1.29, 1.82) is 0 Å². The lowest BCUT2D eigenvalue weighted by Crippen LogP contribution is -2.47. The van der Waals surface area contributed by atoms with E-state index in [1.54, 1.807) is 0 Å². The summed E-state index contributed by atoms with van der Waals surface area (Å²) >= 11 is 0. The number of ether oxygens (including phenoxy) is 1. The zero-order chi connectivity index (χ0) is 11.4. The van der Waals surface area contributed by atoms with E-state index in [2.05, 4.69) is 17.1 Å². The van der Waals surface area contributed by atoms with Gasteiger partial charge in [-0.2, -0.15) is 0 Å². The molecular weight excluding hydrogens is 200 g/mol. The van der Waals surface area contributed by atoms with Gasteiger partial charge in [-0.1, -0.05) is 6.92 Å². The minimum Gasteiger partial charge on any atom is -0.380 e. The van der Waals surface area contributed by atoms with Crippen molar-refractivity contribution in [3.8, 4) is 0 Å². The molecular formula is C13H26N2O. The highest BCUT2D eigenvalue weighted by molar-refractivity contribution is 4.85. The molecule has 0 aromatic rings. The molecule has 0 aliphatic carbocycles. The Labute approximate surface area is 99.5 Å². The molecule has 3 nitrogen and oxygen atoms in total. The van der Waals surface area contributed by atoms with E-state index in [1.807, 2.05) is 7.11 Å². The maximum Gasteiger partial charge on any atom is 0.0698 e. The molecule has 0 aromatic carbocycles. The molecule has 0 radical (unpaired) electrons. The molecule has 2 rings (SSSR count). The summed E-state index contributed by atoms with van der Waals surface area (Å²) in [7, 11) is 1.85. The largest absolute Gasteiger partial charge is 0.380 e. The number of hydrogen-bond acceptors (Lipinski definition) is 3. The second kappa shape index (κ2) is 5.48. The van der Waals surface area contributed by atoms with Gasteiger partial charge in [0.15, 0.2) is 0 Å². The Morgan fingerprint density at radius 1 is 1.38 bits per heavy atom. The van der Waals surface area contributed by atoms with E-state index >= 15 is 0 Å². The summed E-state index contributed by atoms with van der Waals surface area (Å²) in [5.74, 6) is 0. The maximum atomic E-state index is 5.49. The van der Waals surface area contributed by atoms with Gasteiger partial charge >= 0.3 is 0 Å². The zero-order valence-corrected chi connectivity index (χ0v) is 10.8. The van der Waals surface area contributed by atoms with Gasteiger partial charge in [0, 0.05) is 20.2 Å². The molecule has 2 heterocycles. The van der Waals surface area contributed by atoms with E-state index in [1.165, 1.54) is 51.9 Å². The smallest absolute Gasteiger partial charge is 0.0698 e. The Kier molecular flexibility index (Phi) is 4.22. The second-order valence-corrected chi connectivity index (χ2v) is 5.80. The first kappa shape index (κ1) is 12.3. The van der Waals surface area contributed by atoms with Gasteiger partial charge in [-0.25, -0.2) is 0 Å². The first-order valence-electron chi connectivity index (χ1n) is 6.68. The molecule has 94 valence electrons. The lowest BCUT2D eigenvalue weighted by Gasteiger charge is -2.41. The highest BCUT2D eigenvalue weighted by Gasteiger charge is 2.30. The fourth-order valence-corrected chi connectivity index (χ4v) is 3.08. The van der Waals surface area contributed by atoms with Crippen LogP contribution in [0.25, 0.3) is 0 Å². The van der Waals surface area contributed by atoms with Crippen LogP contribution in [0.15, 0.2) is 0 Å². The standard InChI is InChI=1S/C13H26N2O/c1-13(5-7-14-8-6-13)11-15-9-3-4-12(10-15)16-2/h12,14H,3-11H2,1-2H3. The molecule has 1 atom stereocenters. The van der Waals surface area contributed by atoms with Gasteiger partial charge in [0.1, 0.15) is 0 Å². The van der Waals surface area contributed by atoms with Gasteiger partial charge in [0.25, 0.3) is 0 Å². The first-order chi connectivity index (χ1) is 7.72. The van der Waals surface area contributed by atoms with Crippen molar-refractivity contribution in [3.05, 3.63) is 0 Å². The van der Waals surface area contributed by atoms with Gasteiger partial charge in [-0.05, 0) is 50.7 Å². The molecule has 2 fully saturated rings. The van der Waals surface area contributed by atoms with Crippen LogP contribution in [0, 0.1) is 5.41 Å². The van der Waals surface area contributed by atoms with Gasteiger partial charge in [0.2, 0.25) is 0 Å². The summed E-state index contributed by atoms with van der Waals surface area (Å²) in [6.45, 7) is 8.50. The number of nitrogens with one attached hydrogen (secondary N) is 1. The van der Waals surface area contributed by atoms with Gasteiger partial charge in [0.05, 0.1) is 6.10 Å². The second-order valence-electron chi connectivity index (χ2n) is 5.80. The molecule has 0 amide bonds. The summed E-state index contributed by atoms with van der Waals surface area (Å²) in [5.41, 5.74) is 0.529. The normalized spacial score (nSPS) is 31.5. The van der Waals surface area contributed by atoms with E-state index < -0.39 is 0 Å². The number of rotatable bonds is 3. The number of piperidine rings is 2. The summed E-state index contributed by atoms with van der Waals surface area (Å²) in [6.07, 6.45) is 5.65. The fourth-order valence-electron chi connectivity index (χ4n) is 3.08. The van der Waals surface area contributed by atoms with Crippen LogP contribution in [-0.4, -0.2) is 50.8 Å². The van der Waals surface area contributed by atoms with Crippen LogP contribution in [0.1, 0.15) is 32.6 Å². The Morgan fingerprint density at radius 3 is 2.81 bits per heavy atom. The number of likely N-dealkylation sites (tertiary alicyclic amines) is 1. The third-order valence-corrected chi connectivity index (χ3v) is 4.21. The number of methoxy groups -OCH3 is 1. The van der Waals surface area contributed by atoms with Crippen molar-refractivity contribution in [2.24, 2.45) is 5.41 Å². The lowest BCUT2D eigenvalue weighted by molar-refractivity contribution is 0.0116. The third-order valence-electron chi connectivity index (χ3n) is 4.21. The highest BCUT2D eigenvalue weighted by atomic mass is 16.5. The topological polar surface area (TPSA) is 24.5 Å². The van der Waals surface area contributed by atoms with Crippen molar-refractivity contribution >= 4 is 0 Å². The van der Waals surface area contributed by atoms with Crippen LogP contribution >= 0.6 is 0 Å². The minimum absolute atomic E-state index is 0.471. The molecule has 3 heteroatoms. The van der Waals surface area contributed by atoms with E-state index in [-0.39, 0.29) is 0 Å². The van der Waals surface area contributed by atoms with E-state index in [0.717, 1.165) is 6.54 Å². The van der Waals surface area contributed by atoms with Crippen LogP contribution in [0.4, 0.5) is 0 Å². The Morgan fingerprint density at radius 2 is 2.12 bits per heavy atom. The van der Waals surface area contributed by atoms with Crippen LogP contribution in [0.2, 0.25) is 0 Å². The number of nitrogens with zero attached hydrogens (tertiary/aromatic N) is 1. The molecule has 2 saturated heterocycles. The first-order valence-corrected chi connectivity index (χ1v) is 6.68. The highest BCUT2D eigenvalue weighted by Crippen LogP contribution is 2.30. The average molecular weight is 226 g/mol. The lowest BCUT2D eigenvalue weighted by atomic mass is 9.80. The SMILES string of the molecule is COC1CCCN(CC2(C)CCNCC2)C1. The maximum absolute atomic E-state index is 5.49. The van der Waals surface area contributed by atoms with E-state index in [4.69, 9.17) is 4.74 Å². The molecule has 2 aliphatic heterocycles. The van der Waals surface area contributed by atoms with Gasteiger partial charge < -0.3 is 15.0 Å². The van der Waals surface area contributed by atoms with Crippen molar-refractivity contribution in [1.82, 2.24) is 10.2 Å². The molecule has 0 aromatic heterocycles. The Balaban J connectivity index is 1.83. The summed E-state index contributed by atoms with van der Waals surface area (Å²) in [5, 5.41) is 3.45. The minimum atomic E-state index is 0.471. The summed E-state index contributed by atoms with van der Waals surface area (Å²) in [6, 6.07) is 0. The monoisotopic (exact) mass is 226 g/mol. The Hall–Kier alpha value is -0.120. The predicted octanol–water partition coefficient (Wildman–Crippen LogP) is 1.49. The van der Waals surface area contributed by atoms with Gasteiger partial charge in [-0.15, -0.1) is 0 Å². The molecule has 1 N–H and O–H groups in total. The number of hydrogen-bond donors (Lipinski definition) is 1. The predicted molar refractivity (Wildman–Crippen MR) is 66.7 cm³/mol. The fraction of sp³-hybridized carbons (Fsp3) is 1.00. The van der Waals surface area contributed by atoms with Crippen molar-refractivity contribution in [3.63, 3.8) is 0 Å². The van der Waals surface area contributed by atoms with E-state index in [9.17, 15) is 0 Å². The zero-order valence-electron chi connectivity index (χ0n) is 10.8. The molecule has 1 unspecified atom stereocenters. The van der Waals surface area contributed by atoms with Crippen LogP contribution in [-0.2, 0) is 4.74 Å².